The molecular weight excluding hydrogens is 420 g/mol. The molecule has 0 saturated carbocycles. The highest BCUT2D eigenvalue weighted by molar-refractivity contribution is 9.10. The van der Waals surface area contributed by atoms with Crippen LogP contribution in [0.5, 0.6) is 0 Å². The van der Waals surface area contributed by atoms with Gasteiger partial charge in [-0.3, -0.25) is 4.79 Å². The van der Waals surface area contributed by atoms with Crippen molar-refractivity contribution in [2.45, 2.75) is 25.2 Å². The molecule has 0 aliphatic rings. The number of nitrogens with zero attached hydrogens (tertiary/aromatic N) is 1. The van der Waals surface area contributed by atoms with Gasteiger partial charge in [0.05, 0.1) is 4.90 Å². The number of sulfonamides is 1. The normalized spacial score (nSPS) is 12.2. The van der Waals surface area contributed by atoms with Crippen LogP contribution in [0.25, 0.3) is 0 Å². The molecule has 2 rings (SSSR count). The zero-order valence-corrected chi connectivity index (χ0v) is 16.7. The number of halogens is 1. The Morgan fingerprint density at radius 2 is 1.85 bits per heavy atom. The van der Waals surface area contributed by atoms with Crippen LogP contribution in [0, 0.1) is 5.92 Å². The fraction of sp³-hybridized carbons (Fsp3) is 0.222. The van der Waals surface area contributed by atoms with Crippen LogP contribution in [0.15, 0.2) is 62.3 Å². The van der Waals surface area contributed by atoms with Crippen LogP contribution in [0.3, 0.4) is 0 Å². The summed E-state index contributed by atoms with van der Waals surface area (Å²) in [6, 6.07) is 12.4. The van der Waals surface area contributed by atoms with Crippen LogP contribution in [-0.2, 0) is 10.0 Å². The van der Waals surface area contributed by atoms with Crippen molar-refractivity contribution in [1.82, 2.24) is 0 Å². The molecule has 0 atom stereocenters. The maximum absolute atomic E-state index is 12.2. The Bertz CT molecular complexity index is 922. The van der Waals surface area contributed by atoms with Crippen molar-refractivity contribution >= 4 is 43.4 Å². The Balaban J connectivity index is 2.14. The van der Waals surface area contributed by atoms with E-state index in [0.717, 1.165) is 4.47 Å². The lowest BCUT2D eigenvalue weighted by atomic mass is 10.1. The predicted octanol–water partition coefficient (Wildman–Crippen LogP) is 3.20. The van der Waals surface area contributed by atoms with Gasteiger partial charge in [-0.2, -0.15) is 12.8 Å². The molecule has 1 N–H and O–H groups in total. The lowest BCUT2D eigenvalue weighted by Crippen LogP contribution is -2.21. The van der Waals surface area contributed by atoms with Gasteiger partial charge in [-0.05, 0) is 60.7 Å². The maximum atomic E-state index is 12.2. The molecule has 8 heteroatoms. The highest BCUT2D eigenvalue weighted by atomic mass is 79.9. The van der Waals surface area contributed by atoms with E-state index >= 15 is 0 Å². The fourth-order valence-corrected chi connectivity index (χ4v) is 3.44. The zero-order valence-electron chi connectivity index (χ0n) is 14.3. The SMILES string of the molecule is CC(C)CC([O-])=NS(=O)(=O)c1ccc(NC(=O)c2cccc(Br)c2)cc1. The third kappa shape index (κ3) is 5.67. The Kier molecular flexibility index (Phi) is 6.55. The Labute approximate surface area is 161 Å². The molecule has 2 aromatic carbocycles. The van der Waals surface area contributed by atoms with E-state index in [2.05, 4.69) is 25.6 Å². The third-order valence-electron chi connectivity index (χ3n) is 3.30. The first-order chi connectivity index (χ1) is 12.2. The van der Waals surface area contributed by atoms with Crippen LogP contribution in [-0.4, -0.2) is 20.2 Å². The number of rotatable bonds is 6. The summed E-state index contributed by atoms with van der Waals surface area (Å²) in [5.41, 5.74) is 0.896. The number of nitrogens with one attached hydrogen (secondary N) is 1. The summed E-state index contributed by atoms with van der Waals surface area (Å²) in [6.45, 7) is 3.62. The lowest BCUT2D eigenvalue weighted by Gasteiger charge is -2.12. The van der Waals surface area contributed by atoms with E-state index in [4.69, 9.17) is 0 Å². The van der Waals surface area contributed by atoms with Gasteiger partial charge in [0.2, 0.25) is 0 Å². The van der Waals surface area contributed by atoms with Gasteiger partial charge < -0.3 is 10.4 Å². The highest BCUT2D eigenvalue weighted by Gasteiger charge is 2.13. The molecule has 0 fully saturated rings. The summed E-state index contributed by atoms with van der Waals surface area (Å²) >= 11 is 3.30. The van der Waals surface area contributed by atoms with Crippen molar-refractivity contribution in [1.29, 1.82) is 0 Å². The largest absolute Gasteiger partial charge is 0.861 e. The summed E-state index contributed by atoms with van der Waals surface area (Å²) in [7, 11) is -4.05. The van der Waals surface area contributed by atoms with Crippen molar-refractivity contribution in [3.63, 3.8) is 0 Å². The average molecular weight is 438 g/mol. The molecule has 0 saturated heterocycles. The summed E-state index contributed by atoms with van der Waals surface area (Å²) in [5.74, 6) is -0.970. The second-order valence-electron chi connectivity index (χ2n) is 6.05. The summed E-state index contributed by atoms with van der Waals surface area (Å²) < 4.78 is 28.4. The maximum Gasteiger partial charge on any atom is 0.281 e. The van der Waals surface area contributed by atoms with Gasteiger partial charge in [0.25, 0.3) is 15.9 Å². The summed E-state index contributed by atoms with van der Waals surface area (Å²) in [4.78, 5) is 12.1. The van der Waals surface area contributed by atoms with Crippen LogP contribution < -0.4 is 10.4 Å². The molecule has 0 unspecified atom stereocenters. The molecule has 6 nitrogen and oxygen atoms in total. The van der Waals surface area contributed by atoms with E-state index in [1.807, 2.05) is 13.8 Å². The fourth-order valence-electron chi connectivity index (χ4n) is 2.12. The Morgan fingerprint density at radius 1 is 1.19 bits per heavy atom. The van der Waals surface area contributed by atoms with Gasteiger partial charge in [-0.15, -0.1) is 0 Å². The molecule has 0 radical (unpaired) electrons. The second kappa shape index (κ2) is 8.46. The number of benzene rings is 2. The van der Waals surface area contributed by atoms with E-state index in [9.17, 15) is 18.3 Å². The monoisotopic (exact) mass is 437 g/mol. The number of amides is 1. The van der Waals surface area contributed by atoms with Crippen LogP contribution in [0.2, 0.25) is 0 Å². The quantitative estimate of drug-likeness (QED) is 0.553. The van der Waals surface area contributed by atoms with Gasteiger partial charge in [0.1, 0.15) is 0 Å². The van der Waals surface area contributed by atoms with E-state index in [1.165, 1.54) is 24.3 Å². The molecule has 2 aromatic rings. The second-order valence-corrected chi connectivity index (χ2v) is 8.57. The molecule has 0 aromatic heterocycles. The third-order valence-corrected chi connectivity index (χ3v) is 5.11. The number of carbonyl (C=O) groups is 1. The van der Waals surface area contributed by atoms with E-state index in [-0.39, 0.29) is 23.1 Å². The van der Waals surface area contributed by atoms with Gasteiger partial charge in [-0.25, -0.2) is 0 Å². The van der Waals surface area contributed by atoms with E-state index in [0.29, 0.717) is 11.3 Å². The molecule has 26 heavy (non-hydrogen) atoms. The number of anilines is 1. The zero-order chi connectivity index (χ0) is 19.3. The smallest absolute Gasteiger partial charge is 0.281 e. The van der Waals surface area contributed by atoms with Crippen molar-refractivity contribution in [2.75, 3.05) is 5.32 Å². The minimum absolute atomic E-state index is 0.0251. The van der Waals surface area contributed by atoms with Gasteiger partial charge in [0, 0.05) is 15.7 Å². The Morgan fingerprint density at radius 3 is 2.42 bits per heavy atom. The van der Waals surface area contributed by atoms with Crippen molar-refractivity contribution in [2.24, 2.45) is 10.3 Å². The summed E-state index contributed by atoms with van der Waals surface area (Å²) in [5, 5.41) is 14.3. The molecule has 1 amide bonds. The van der Waals surface area contributed by atoms with Crippen LogP contribution >= 0.6 is 15.9 Å². The molecule has 0 heterocycles. The molecule has 138 valence electrons. The number of carbonyl (C=O) groups excluding carboxylic acids is 1. The number of hydrogen-bond acceptors (Lipinski definition) is 4. The summed E-state index contributed by atoms with van der Waals surface area (Å²) in [6.07, 6.45) is 0.0695. The topological polar surface area (TPSA) is 98.7 Å². The van der Waals surface area contributed by atoms with Crippen LogP contribution in [0.1, 0.15) is 30.6 Å². The van der Waals surface area contributed by atoms with E-state index < -0.39 is 15.9 Å². The van der Waals surface area contributed by atoms with Gasteiger partial charge >= 0.3 is 0 Å². The van der Waals surface area contributed by atoms with E-state index in [1.54, 1.807) is 24.3 Å². The molecule has 0 aliphatic heterocycles. The molecule has 0 spiro atoms. The van der Waals surface area contributed by atoms with Crippen molar-refractivity contribution in [3.05, 3.63) is 58.6 Å². The van der Waals surface area contributed by atoms with Crippen LogP contribution in [0.4, 0.5) is 5.69 Å². The molecule has 0 aliphatic carbocycles. The molecular formula is C18H18BrN2O4S-. The van der Waals surface area contributed by atoms with Gasteiger partial charge in [-0.1, -0.05) is 35.8 Å². The first-order valence-corrected chi connectivity index (χ1v) is 10.1. The molecule has 0 bridgehead atoms. The first-order valence-electron chi connectivity index (χ1n) is 7.85. The minimum atomic E-state index is -4.05. The van der Waals surface area contributed by atoms with Crippen molar-refractivity contribution in [3.8, 4) is 0 Å². The minimum Gasteiger partial charge on any atom is -0.861 e. The number of hydrogen-bond donors (Lipinski definition) is 1. The predicted molar refractivity (Wildman–Crippen MR) is 103 cm³/mol. The Hall–Kier alpha value is -2.19. The average Bonchev–Trinajstić information content (AvgIpc) is 2.54. The first kappa shape index (κ1) is 20.1. The van der Waals surface area contributed by atoms with Crippen molar-refractivity contribution < 1.29 is 18.3 Å². The lowest BCUT2D eigenvalue weighted by molar-refractivity contribution is -0.219. The highest BCUT2D eigenvalue weighted by Crippen LogP contribution is 2.18. The standard InChI is InChI=1S/C18H19BrN2O4S/c1-12(2)10-17(22)21-26(24,25)16-8-6-15(7-9-16)20-18(23)13-4-3-5-14(19)11-13/h3-9,11-12H,10H2,1-2H3,(H,20,23)(H,21,22)/p-1. The van der Waals surface area contributed by atoms with Gasteiger partial charge in [0.15, 0.2) is 0 Å².